The van der Waals surface area contributed by atoms with Crippen LogP contribution in [0.5, 0.6) is 0 Å². The Balaban J connectivity index is 1.36. The van der Waals surface area contributed by atoms with Gasteiger partial charge in [-0.3, -0.25) is 19.1 Å². The second-order valence-electron chi connectivity index (χ2n) is 12.5. The fourth-order valence-electron chi connectivity index (χ4n) is 6.62. The summed E-state index contributed by atoms with van der Waals surface area (Å²) in [5.74, 6) is 0.830. The Kier molecular flexibility index (Phi) is 6.80. The summed E-state index contributed by atoms with van der Waals surface area (Å²) in [6.45, 7) is 4.88. The van der Waals surface area contributed by atoms with Crippen LogP contribution < -0.4 is 4.90 Å². The fourth-order valence-corrected chi connectivity index (χ4v) is 6.62. The number of nitrogens with zero attached hydrogens (tertiary/aromatic N) is 6. The molecular formula is C37H32F2N6O2. The molecule has 0 spiro atoms. The van der Waals surface area contributed by atoms with Gasteiger partial charge in [-0.2, -0.15) is 0 Å². The maximum absolute atomic E-state index is 15.1. The lowest BCUT2D eigenvalue weighted by Gasteiger charge is -2.34. The lowest BCUT2D eigenvalue weighted by atomic mass is 9.98. The summed E-state index contributed by atoms with van der Waals surface area (Å²) in [4.78, 5) is 32.0. The Morgan fingerprint density at radius 2 is 1.85 bits per heavy atom. The van der Waals surface area contributed by atoms with Crippen molar-refractivity contribution in [2.45, 2.75) is 33.0 Å². The molecule has 1 fully saturated rings. The van der Waals surface area contributed by atoms with E-state index in [2.05, 4.69) is 4.98 Å². The van der Waals surface area contributed by atoms with Crippen molar-refractivity contribution in [3.8, 4) is 22.6 Å². The number of pyridine rings is 2. The molecule has 0 N–H and O–H groups in total. The quantitative estimate of drug-likeness (QED) is 0.167. The van der Waals surface area contributed by atoms with Crippen LogP contribution in [-0.4, -0.2) is 63.4 Å². The van der Waals surface area contributed by atoms with Gasteiger partial charge in [-0.15, -0.1) is 0 Å². The lowest BCUT2D eigenvalue weighted by Crippen LogP contribution is -2.47. The Labute approximate surface area is 269 Å². The van der Waals surface area contributed by atoms with Crippen molar-refractivity contribution in [3.63, 3.8) is 0 Å². The molecule has 47 heavy (non-hydrogen) atoms. The smallest absolute Gasteiger partial charge is 0.167 e. The molecule has 0 saturated carbocycles. The second-order valence-corrected chi connectivity index (χ2v) is 12.5. The summed E-state index contributed by atoms with van der Waals surface area (Å²) in [7, 11) is 3.90. The molecule has 10 heteroatoms. The van der Waals surface area contributed by atoms with Crippen LogP contribution in [0.2, 0.25) is 0 Å². The minimum atomic E-state index is -0.842. The highest BCUT2D eigenvalue weighted by Crippen LogP contribution is 2.41. The molecule has 7 aromatic rings. The summed E-state index contributed by atoms with van der Waals surface area (Å²) >= 11 is 0. The molecule has 1 saturated heterocycles. The highest BCUT2D eigenvalue weighted by molar-refractivity contribution is 6.13. The third kappa shape index (κ3) is 4.74. The van der Waals surface area contributed by atoms with Crippen LogP contribution >= 0.6 is 0 Å². The van der Waals surface area contributed by atoms with Crippen molar-refractivity contribution in [3.05, 3.63) is 89.8 Å². The number of hydrogen-bond acceptors (Lipinski definition) is 7. The number of carbonyl (C=O) groups is 1. The number of aryl methyl sites for hydroxylation is 1. The number of fused-ring (bicyclic) bond motifs is 6. The van der Waals surface area contributed by atoms with E-state index >= 15 is 4.39 Å². The lowest BCUT2D eigenvalue weighted by molar-refractivity contribution is 0.0567. The number of Topliss-reactive ketones (excluding diaryl/α,β-unsaturated/α-hetero) is 1. The van der Waals surface area contributed by atoms with Gasteiger partial charge in [-0.05, 0) is 55.5 Å². The van der Waals surface area contributed by atoms with E-state index < -0.39 is 6.17 Å². The van der Waals surface area contributed by atoms with Gasteiger partial charge in [0, 0.05) is 79.1 Å². The molecule has 1 aliphatic rings. The van der Waals surface area contributed by atoms with E-state index in [0.29, 0.717) is 81.8 Å². The number of furan rings is 1. The van der Waals surface area contributed by atoms with Gasteiger partial charge in [0.25, 0.3) is 0 Å². The number of halogens is 2. The van der Waals surface area contributed by atoms with Crippen molar-refractivity contribution in [2.75, 3.05) is 32.1 Å². The molecule has 0 amide bonds. The van der Waals surface area contributed by atoms with Gasteiger partial charge >= 0.3 is 0 Å². The number of aromatic nitrogens is 4. The van der Waals surface area contributed by atoms with E-state index in [1.807, 2.05) is 90.7 Å². The number of hydrogen-bond donors (Lipinski definition) is 0. The first-order valence-corrected chi connectivity index (χ1v) is 15.7. The van der Waals surface area contributed by atoms with Gasteiger partial charge in [0.05, 0.1) is 34.4 Å². The summed E-state index contributed by atoms with van der Waals surface area (Å²) in [5.41, 5.74) is 7.72. The Morgan fingerprint density at radius 1 is 1.02 bits per heavy atom. The number of anilines is 1. The standard InChI is InChI=1S/C37H32F2N6O2/c1-5-32(46)35-25-13-24(30(43(3)4)15-33(25)47-37(35)21-10-9-20(2)40-16-21)27-11-12-28-36(42-27)31-14-23-26(39)7-6-8-29(23)45(31)34(41-28)19-44-17-22(38)18-44/h6-16,22H,5,17-19H2,1-4H3. The molecule has 0 atom stereocenters. The molecule has 5 aromatic heterocycles. The van der Waals surface area contributed by atoms with Crippen LogP contribution in [-0.2, 0) is 6.54 Å². The van der Waals surface area contributed by atoms with Crippen molar-refractivity contribution < 1.29 is 18.0 Å². The molecular weight excluding hydrogens is 598 g/mol. The van der Waals surface area contributed by atoms with Gasteiger partial charge < -0.3 is 9.32 Å². The highest BCUT2D eigenvalue weighted by Gasteiger charge is 2.28. The SMILES string of the molecule is CCC(=O)c1c(-c2ccc(C)nc2)oc2cc(N(C)C)c(-c3ccc4nc(CN5CC(F)C5)n5c6cccc(F)c6cc5c4n3)cc12. The molecule has 0 unspecified atom stereocenters. The van der Waals surface area contributed by atoms with Crippen LogP contribution in [0.4, 0.5) is 14.5 Å². The number of benzene rings is 2. The topological polar surface area (TPSA) is 79.8 Å². The number of likely N-dealkylation sites (tertiary alicyclic amines) is 1. The van der Waals surface area contributed by atoms with Gasteiger partial charge in [0.15, 0.2) is 5.78 Å². The van der Waals surface area contributed by atoms with Crippen LogP contribution in [0.25, 0.3) is 61.0 Å². The third-order valence-corrected chi connectivity index (χ3v) is 9.03. The Hall–Kier alpha value is -5.22. The first-order valence-electron chi connectivity index (χ1n) is 15.7. The predicted octanol–water partition coefficient (Wildman–Crippen LogP) is 7.77. The molecule has 0 radical (unpaired) electrons. The van der Waals surface area contributed by atoms with Gasteiger partial charge in [0.1, 0.15) is 34.7 Å². The summed E-state index contributed by atoms with van der Waals surface area (Å²) in [5, 5.41) is 1.17. The summed E-state index contributed by atoms with van der Waals surface area (Å²) in [6, 6.07) is 18.4. The first-order chi connectivity index (χ1) is 22.7. The predicted molar refractivity (Wildman–Crippen MR) is 180 cm³/mol. The second kappa shape index (κ2) is 10.9. The average Bonchev–Trinajstić information content (AvgIpc) is 3.63. The first kappa shape index (κ1) is 29.2. The van der Waals surface area contributed by atoms with Crippen molar-refractivity contribution in [2.24, 2.45) is 0 Å². The van der Waals surface area contributed by atoms with E-state index in [9.17, 15) is 9.18 Å². The Morgan fingerprint density at radius 3 is 2.57 bits per heavy atom. The summed E-state index contributed by atoms with van der Waals surface area (Å²) < 4.78 is 37.1. The van der Waals surface area contributed by atoms with Gasteiger partial charge in [0.2, 0.25) is 0 Å². The molecule has 0 aliphatic carbocycles. The van der Waals surface area contributed by atoms with Crippen LogP contribution in [0.3, 0.4) is 0 Å². The molecule has 0 bridgehead atoms. The van der Waals surface area contributed by atoms with E-state index in [0.717, 1.165) is 28.0 Å². The van der Waals surface area contributed by atoms with Crippen LogP contribution in [0.15, 0.2) is 71.3 Å². The van der Waals surface area contributed by atoms with Crippen LogP contribution in [0, 0.1) is 12.7 Å². The van der Waals surface area contributed by atoms with E-state index in [1.165, 1.54) is 6.07 Å². The zero-order valence-corrected chi connectivity index (χ0v) is 26.5. The van der Waals surface area contributed by atoms with Crippen molar-refractivity contribution in [1.82, 2.24) is 24.3 Å². The van der Waals surface area contributed by atoms with E-state index in [4.69, 9.17) is 14.4 Å². The maximum Gasteiger partial charge on any atom is 0.167 e. The minimum absolute atomic E-state index is 0.0315. The normalized spacial score (nSPS) is 14.1. The van der Waals surface area contributed by atoms with E-state index in [1.54, 1.807) is 12.3 Å². The zero-order valence-electron chi connectivity index (χ0n) is 26.5. The maximum atomic E-state index is 15.1. The molecule has 2 aromatic carbocycles. The minimum Gasteiger partial charge on any atom is -0.455 e. The molecule has 8 rings (SSSR count). The van der Waals surface area contributed by atoms with Crippen LogP contribution in [0.1, 0.15) is 35.2 Å². The number of rotatable bonds is 7. The molecule has 8 nitrogen and oxygen atoms in total. The zero-order chi connectivity index (χ0) is 32.6. The fraction of sp³-hybridized carbons (Fsp3) is 0.243. The van der Waals surface area contributed by atoms with Gasteiger partial charge in [-0.25, -0.2) is 18.7 Å². The largest absolute Gasteiger partial charge is 0.455 e. The molecule has 6 heterocycles. The monoisotopic (exact) mass is 630 g/mol. The molecule has 1 aliphatic heterocycles. The van der Waals surface area contributed by atoms with E-state index in [-0.39, 0.29) is 11.6 Å². The van der Waals surface area contributed by atoms with Crippen molar-refractivity contribution >= 4 is 49.9 Å². The number of ketones is 1. The van der Waals surface area contributed by atoms with Gasteiger partial charge in [-0.1, -0.05) is 13.0 Å². The third-order valence-electron chi connectivity index (χ3n) is 9.03. The molecule has 236 valence electrons. The number of carbonyl (C=O) groups excluding carboxylic acids is 1. The highest BCUT2D eigenvalue weighted by atomic mass is 19.1. The summed E-state index contributed by atoms with van der Waals surface area (Å²) in [6.07, 6.45) is 1.20. The number of alkyl halides is 1. The average molecular weight is 631 g/mol. The van der Waals surface area contributed by atoms with Crippen molar-refractivity contribution in [1.29, 1.82) is 0 Å². The Bertz CT molecular complexity index is 2370.